The summed E-state index contributed by atoms with van der Waals surface area (Å²) in [6.07, 6.45) is 1.51. The summed E-state index contributed by atoms with van der Waals surface area (Å²) in [4.78, 5) is 38.0. The van der Waals surface area contributed by atoms with E-state index >= 15 is 0 Å². The zero-order valence-corrected chi connectivity index (χ0v) is 17.8. The monoisotopic (exact) mass is 430 g/mol. The molecule has 0 spiro atoms. The number of hydrogen-bond donors (Lipinski definition) is 1. The van der Waals surface area contributed by atoms with Gasteiger partial charge >= 0.3 is 12.0 Å². The number of carbonyl (C=O) groups is 3. The van der Waals surface area contributed by atoms with Crippen LogP contribution in [0.2, 0.25) is 0 Å². The molecule has 0 atom stereocenters. The standard InChI is InChI=1S/C25H22N2O5/c1-3-31-24(29)19-10-8-18(9-11-19)22-13-12-20(32-22)14-21-23(28)27(25(30)26-21)15-17-6-4-16(2)5-7-17/h4-14H,3,15H2,1-2H3,(H,26,30)/b21-14+. The van der Waals surface area contributed by atoms with E-state index in [0.29, 0.717) is 23.7 Å². The smallest absolute Gasteiger partial charge is 0.338 e. The van der Waals surface area contributed by atoms with E-state index in [1.165, 1.54) is 6.08 Å². The van der Waals surface area contributed by atoms with Gasteiger partial charge in [-0.25, -0.2) is 9.59 Å². The highest BCUT2D eigenvalue weighted by molar-refractivity contribution is 6.13. The van der Waals surface area contributed by atoms with Crippen LogP contribution < -0.4 is 5.32 Å². The Morgan fingerprint density at radius 3 is 2.44 bits per heavy atom. The van der Waals surface area contributed by atoms with Gasteiger partial charge in [0.05, 0.1) is 18.7 Å². The van der Waals surface area contributed by atoms with Crippen LogP contribution in [0.5, 0.6) is 0 Å². The SMILES string of the molecule is CCOC(=O)c1ccc(-c2ccc(/C=C3/NC(=O)N(Cc4ccc(C)cc4)C3=O)o2)cc1. The van der Waals surface area contributed by atoms with Gasteiger partial charge in [-0.15, -0.1) is 0 Å². The molecule has 0 radical (unpaired) electrons. The summed E-state index contributed by atoms with van der Waals surface area (Å²) in [6, 6.07) is 17.5. The summed E-state index contributed by atoms with van der Waals surface area (Å²) >= 11 is 0. The number of carbonyl (C=O) groups excluding carboxylic acids is 3. The lowest BCUT2D eigenvalue weighted by molar-refractivity contribution is -0.123. The van der Waals surface area contributed by atoms with Crippen molar-refractivity contribution in [3.8, 4) is 11.3 Å². The summed E-state index contributed by atoms with van der Waals surface area (Å²) in [5, 5.41) is 2.60. The zero-order valence-electron chi connectivity index (χ0n) is 17.8. The van der Waals surface area contributed by atoms with Gasteiger partial charge in [-0.2, -0.15) is 0 Å². The van der Waals surface area contributed by atoms with Crippen molar-refractivity contribution in [3.63, 3.8) is 0 Å². The van der Waals surface area contributed by atoms with Gasteiger partial charge in [0, 0.05) is 11.6 Å². The first-order chi connectivity index (χ1) is 15.4. The second kappa shape index (κ2) is 8.93. The van der Waals surface area contributed by atoms with Crippen LogP contribution >= 0.6 is 0 Å². The van der Waals surface area contributed by atoms with Crippen molar-refractivity contribution in [3.05, 3.63) is 88.8 Å². The molecule has 1 aromatic heterocycles. The minimum absolute atomic E-state index is 0.153. The third-order valence-electron chi connectivity index (χ3n) is 5.02. The predicted molar refractivity (Wildman–Crippen MR) is 118 cm³/mol. The molecule has 0 saturated carbocycles. The topological polar surface area (TPSA) is 88.9 Å². The molecular weight excluding hydrogens is 408 g/mol. The van der Waals surface area contributed by atoms with Gasteiger partial charge in [0.1, 0.15) is 17.2 Å². The third-order valence-corrected chi connectivity index (χ3v) is 5.02. The van der Waals surface area contributed by atoms with E-state index in [4.69, 9.17) is 9.15 Å². The predicted octanol–water partition coefficient (Wildman–Crippen LogP) is 4.52. The summed E-state index contributed by atoms with van der Waals surface area (Å²) < 4.78 is 10.8. The van der Waals surface area contributed by atoms with Crippen LogP contribution in [0.4, 0.5) is 4.79 Å². The number of esters is 1. The number of amides is 3. The van der Waals surface area contributed by atoms with E-state index in [1.807, 2.05) is 31.2 Å². The quantitative estimate of drug-likeness (QED) is 0.353. The maximum Gasteiger partial charge on any atom is 0.338 e. The van der Waals surface area contributed by atoms with Gasteiger partial charge in [-0.1, -0.05) is 42.0 Å². The van der Waals surface area contributed by atoms with E-state index in [-0.39, 0.29) is 18.2 Å². The van der Waals surface area contributed by atoms with Gasteiger partial charge in [-0.3, -0.25) is 9.69 Å². The van der Waals surface area contributed by atoms with Gasteiger partial charge in [-0.05, 0) is 43.7 Å². The number of furan rings is 1. The molecule has 2 aromatic carbocycles. The Labute approximate surface area is 185 Å². The molecular formula is C25H22N2O5. The summed E-state index contributed by atoms with van der Waals surface area (Å²) in [6.45, 7) is 4.24. The fourth-order valence-corrected chi connectivity index (χ4v) is 3.30. The summed E-state index contributed by atoms with van der Waals surface area (Å²) in [5.41, 5.74) is 3.35. The van der Waals surface area contributed by atoms with E-state index in [1.54, 1.807) is 43.3 Å². The maximum absolute atomic E-state index is 12.7. The molecule has 3 amide bonds. The highest BCUT2D eigenvalue weighted by Crippen LogP contribution is 2.25. The van der Waals surface area contributed by atoms with E-state index in [0.717, 1.165) is 21.6 Å². The Hall–Kier alpha value is -4.13. The minimum atomic E-state index is -0.469. The molecule has 2 heterocycles. The van der Waals surface area contributed by atoms with Crippen LogP contribution in [-0.4, -0.2) is 29.4 Å². The lowest BCUT2D eigenvalue weighted by Gasteiger charge is -2.11. The van der Waals surface area contributed by atoms with Crippen LogP contribution in [0.15, 0.2) is 70.8 Å². The third kappa shape index (κ3) is 4.46. The normalized spacial score (nSPS) is 14.7. The van der Waals surface area contributed by atoms with Crippen LogP contribution in [-0.2, 0) is 16.1 Å². The Morgan fingerprint density at radius 2 is 1.75 bits per heavy atom. The van der Waals surface area contributed by atoms with Crippen LogP contribution in [0.1, 0.15) is 34.2 Å². The molecule has 7 heteroatoms. The number of nitrogens with zero attached hydrogens (tertiary/aromatic N) is 1. The number of nitrogens with one attached hydrogen (secondary N) is 1. The molecule has 1 aliphatic rings. The Bertz CT molecular complexity index is 1190. The molecule has 4 rings (SSSR count). The lowest BCUT2D eigenvalue weighted by Crippen LogP contribution is -2.30. The molecule has 1 N–H and O–H groups in total. The van der Waals surface area contributed by atoms with Gasteiger partial charge in [0.25, 0.3) is 5.91 Å². The van der Waals surface area contributed by atoms with Crippen LogP contribution in [0, 0.1) is 6.92 Å². The molecule has 32 heavy (non-hydrogen) atoms. The first kappa shape index (κ1) is 21.1. The van der Waals surface area contributed by atoms with Crippen molar-refractivity contribution in [2.45, 2.75) is 20.4 Å². The highest BCUT2D eigenvalue weighted by atomic mass is 16.5. The Morgan fingerprint density at radius 1 is 1.03 bits per heavy atom. The average molecular weight is 430 g/mol. The number of aryl methyl sites for hydroxylation is 1. The van der Waals surface area contributed by atoms with Crippen molar-refractivity contribution in [2.75, 3.05) is 6.61 Å². The lowest BCUT2D eigenvalue weighted by atomic mass is 10.1. The molecule has 0 unspecified atom stereocenters. The number of imide groups is 1. The molecule has 1 fully saturated rings. The second-order valence-electron chi connectivity index (χ2n) is 7.36. The number of hydrogen-bond acceptors (Lipinski definition) is 5. The molecule has 0 aliphatic carbocycles. The maximum atomic E-state index is 12.7. The van der Waals surface area contributed by atoms with Crippen molar-refractivity contribution < 1.29 is 23.5 Å². The summed E-state index contributed by atoms with van der Waals surface area (Å²) in [5.74, 6) is 0.206. The van der Waals surface area contributed by atoms with E-state index in [9.17, 15) is 14.4 Å². The highest BCUT2D eigenvalue weighted by Gasteiger charge is 2.33. The second-order valence-corrected chi connectivity index (χ2v) is 7.36. The molecule has 162 valence electrons. The first-order valence-corrected chi connectivity index (χ1v) is 10.2. The van der Waals surface area contributed by atoms with Gasteiger partial charge in [0.15, 0.2) is 0 Å². The fraction of sp³-hybridized carbons (Fsp3) is 0.160. The molecule has 0 bridgehead atoms. The Balaban J connectivity index is 1.48. The fourth-order valence-electron chi connectivity index (χ4n) is 3.30. The summed E-state index contributed by atoms with van der Waals surface area (Å²) in [7, 11) is 0. The molecule has 3 aromatic rings. The van der Waals surface area contributed by atoms with Crippen LogP contribution in [0.3, 0.4) is 0 Å². The largest absolute Gasteiger partial charge is 0.462 e. The Kier molecular flexibility index (Phi) is 5.89. The molecule has 1 saturated heterocycles. The average Bonchev–Trinajstić information content (AvgIpc) is 3.36. The first-order valence-electron chi connectivity index (χ1n) is 10.2. The number of rotatable bonds is 6. The van der Waals surface area contributed by atoms with Crippen molar-refractivity contribution in [1.29, 1.82) is 0 Å². The van der Waals surface area contributed by atoms with Crippen molar-refractivity contribution in [2.24, 2.45) is 0 Å². The number of urea groups is 1. The number of benzene rings is 2. The van der Waals surface area contributed by atoms with E-state index < -0.39 is 11.9 Å². The van der Waals surface area contributed by atoms with Crippen molar-refractivity contribution >= 4 is 24.0 Å². The molecule has 1 aliphatic heterocycles. The number of ether oxygens (including phenoxy) is 1. The van der Waals surface area contributed by atoms with Crippen LogP contribution in [0.25, 0.3) is 17.4 Å². The van der Waals surface area contributed by atoms with Gasteiger partial charge < -0.3 is 14.5 Å². The minimum Gasteiger partial charge on any atom is -0.462 e. The van der Waals surface area contributed by atoms with Crippen molar-refractivity contribution in [1.82, 2.24) is 10.2 Å². The van der Waals surface area contributed by atoms with Gasteiger partial charge in [0.2, 0.25) is 0 Å². The molecule has 7 nitrogen and oxygen atoms in total. The zero-order chi connectivity index (χ0) is 22.7. The van der Waals surface area contributed by atoms with E-state index in [2.05, 4.69) is 5.32 Å².